The summed E-state index contributed by atoms with van der Waals surface area (Å²) in [6, 6.07) is 0.259. The van der Waals surface area contributed by atoms with Crippen molar-refractivity contribution in [3.8, 4) is 0 Å². The number of carbonyl (C=O) groups is 1. The molecule has 0 unspecified atom stereocenters. The molecule has 0 aliphatic heterocycles. The SMILES string of the molecule is Cc1nn(C)c(N(CCCO)C(C)C)c1C=O. The quantitative estimate of drug-likeness (QED) is 0.756. The summed E-state index contributed by atoms with van der Waals surface area (Å²) in [6.07, 6.45) is 1.53. The van der Waals surface area contributed by atoms with Gasteiger partial charge in [-0.15, -0.1) is 0 Å². The summed E-state index contributed by atoms with van der Waals surface area (Å²) >= 11 is 0. The Balaban J connectivity index is 3.12. The van der Waals surface area contributed by atoms with Crippen LogP contribution in [0.2, 0.25) is 0 Å². The van der Waals surface area contributed by atoms with Gasteiger partial charge in [-0.25, -0.2) is 0 Å². The van der Waals surface area contributed by atoms with E-state index in [1.807, 2.05) is 14.0 Å². The molecule has 0 saturated heterocycles. The number of anilines is 1. The summed E-state index contributed by atoms with van der Waals surface area (Å²) in [5, 5.41) is 13.2. The first-order valence-electron chi connectivity index (χ1n) is 5.89. The molecule has 0 amide bonds. The molecular formula is C12H21N3O2. The van der Waals surface area contributed by atoms with E-state index in [0.717, 1.165) is 17.8 Å². The molecule has 1 rings (SSSR count). The number of rotatable bonds is 6. The molecule has 5 nitrogen and oxygen atoms in total. The lowest BCUT2D eigenvalue weighted by Gasteiger charge is -2.29. The number of aryl methyl sites for hydroxylation is 2. The summed E-state index contributed by atoms with van der Waals surface area (Å²) in [7, 11) is 1.84. The van der Waals surface area contributed by atoms with E-state index in [-0.39, 0.29) is 12.6 Å². The summed E-state index contributed by atoms with van der Waals surface area (Å²) in [4.78, 5) is 13.2. The third kappa shape index (κ3) is 2.85. The lowest BCUT2D eigenvalue weighted by Crippen LogP contribution is -2.34. The van der Waals surface area contributed by atoms with Crippen LogP contribution in [0.15, 0.2) is 0 Å². The van der Waals surface area contributed by atoms with E-state index < -0.39 is 0 Å². The standard InChI is InChI=1S/C12H21N3O2/c1-9(2)15(6-5-7-16)12-11(8-17)10(3)13-14(12)4/h8-9,16H,5-7H2,1-4H3. The van der Waals surface area contributed by atoms with Crippen LogP contribution < -0.4 is 4.90 Å². The Morgan fingerprint density at radius 3 is 2.65 bits per heavy atom. The molecule has 0 aliphatic carbocycles. The van der Waals surface area contributed by atoms with Gasteiger partial charge in [0.05, 0.1) is 11.3 Å². The van der Waals surface area contributed by atoms with Gasteiger partial charge < -0.3 is 10.0 Å². The Labute approximate surface area is 102 Å². The first-order valence-corrected chi connectivity index (χ1v) is 5.89. The average molecular weight is 239 g/mol. The normalized spacial score (nSPS) is 10.9. The van der Waals surface area contributed by atoms with Crippen molar-refractivity contribution in [3.05, 3.63) is 11.3 Å². The smallest absolute Gasteiger partial charge is 0.155 e. The third-order valence-corrected chi connectivity index (χ3v) is 2.81. The van der Waals surface area contributed by atoms with Crippen LogP contribution in [-0.2, 0) is 7.05 Å². The summed E-state index contributed by atoms with van der Waals surface area (Å²) < 4.78 is 1.73. The molecule has 0 fully saturated rings. The van der Waals surface area contributed by atoms with Gasteiger partial charge in [0.25, 0.3) is 0 Å². The molecule has 0 saturated carbocycles. The average Bonchev–Trinajstić information content (AvgIpc) is 2.54. The highest BCUT2D eigenvalue weighted by molar-refractivity contribution is 5.84. The van der Waals surface area contributed by atoms with Gasteiger partial charge in [0.2, 0.25) is 0 Å². The van der Waals surface area contributed by atoms with Gasteiger partial charge in [0, 0.05) is 26.2 Å². The van der Waals surface area contributed by atoms with Gasteiger partial charge in [0.15, 0.2) is 6.29 Å². The molecule has 0 aromatic carbocycles. The fourth-order valence-electron chi connectivity index (χ4n) is 1.99. The number of aldehydes is 1. The second-order valence-corrected chi connectivity index (χ2v) is 4.43. The van der Waals surface area contributed by atoms with Crippen LogP contribution in [0.3, 0.4) is 0 Å². The maximum atomic E-state index is 11.1. The Bertz CT molecular complexity index is 385. The number of aliphatic hydroxyl groups excluding tert-OH is 1. The zero-order valence-electron chi connectivity index (χ0n) is 11.0. The molecule has 5 heteroatoms. The zero-order valence-corrected chi connectivity index (χ0v) is 11.0. The first kappa shape index (κ1) is 13.7. The molecule has 0 radical (unpaired) electrons. The van der Waals surface area contributed by atoms with Crippen molar-refractivity contribution in [2.45, 2.75) is 33.2 Å². The summed E-state index contributed by atoms with van der Waals surface area (Å²) in [5.41, 5.74) is 1.38. The number of hydrogen-bond donors (Lipinski definition) is 1. The van der Waals surface area contributed by atoms with E-state index in [4.69, 9.17) is 5.11 Å². The molecule has 1 aromatic heterocycles. The van der Waals surface area contributed by atoms with Gasteiger partial charge in [-0.1, -0.05) is 0 Å². The van der Waals surface area contributed by atoms with E-state index in [0.29, 0.717) is 18.5 Å². The predicted octanol–water partition coefficient (Wildman–Crippen LogP) is 1.14. The van der Waals surface area contributed by atoms with Crippen LogP contribution in [-0.4, -0.2) is 40.4 Å². The van der Waals surface area contributed by atoms with Gasteiger partial charge in [-0.05, 0) is 27.2 Å². The number of aliphatic hydroxyl groups is 1. The highest BCUT2D eigenvalue weighted by Crippen LogP contribution is 2.23. The molecule has 17 heavy (non-hydrogen) atoms. The molecule has 96 valence electrons. The van der Waals surface area contributed by atoms with E-state index in [9.17, 15) is 4.79 Å². The molecule has 0 bridgehead atoms. The zero-order chi connectivity index (χ0) is 13.0. The van der Waals surface area contributed by atoms with E-state index in [1.165, 1.54) is 0 Å². The fraction of sp³-hybridized carbons (Fsp3) is 0.667. The largest absolute Gasteiger partial charge is 0.396 e. The maximum absolute atomic E-state index is 11.1. The van der Waals surface area contributed by atoms with Crippen molar-refractivity contribution < 1.29 is 9.90 Å². The van der Waals surface area contributed by atoms with Crippen LogP contribution >= 0.6 is 0 Å². The number of nitrogens with zero attached hydrogens (tertiary/aromatic N) is 3. The minimum absolute atomic E-state index is 0.149. The molecule has 1 aromatic rings. The topological polar surface area (TPSA) is 58.4 Å². The van der Waals surface area contributed by atoms with Crippen molar-refractivity contribution in [1.82, 2.24) is 9.78 Å². The van der Waals surface area contributed by atoms with Crippen LogP contribution in [0, 0.1) is 6.92 Å². The van der Waals surface area contributed by atoms with Crippen molar-refractivity contribution in [2.24, 2.45) is 7.05 Å². The maximum Gasteiger partial charge on any atom is 0.155 e. The lowest BCUT2D eigenvalue weighted by atomic mass is 10.2. The minimum atomic E-state index is 0.149. The van der Waals surface area contributed by atoms with E-state index >= 15 is 0 Å². The molecule has 0 aliphatic rings. The van der Waals surface area contributed by atoms with Gasteiger partial charge in [0.1, 0.15) is 5.82 Å². The Morgan fingerprint density at radius 1 is 1.53 bits per heavy atom. The summed E-state index contributed by atoms with van der Waals surface area (Å²) in [5.74, 6) is 0.834. The minimum Gasteiger partial charge on any atom is -0.396 e. The highest BCUT2D eigenvalue weighted by atomic mass is 16.3. The van der Waals surface area contributed by atoms with Gasteiger partial charge in [-0.3, -0.25) is 9.48 Å². The number of hydrogen-bond acceptors (Lipinski definition) is 4. The molecule has 0 atom stereocenters. The Morgan fingerprint density at radius 2 is 2.18 bits per heavy atom. The van der Waals surface area contributed by atoms with Crippen LogP contribution in [0.4, 0.5) is 5.82 Å². The predicted molar refractivity (Wildman–Crippen MR) is 67.5 cm³/mol. The highest BCUT2D eigenvalue weighted by Gasteiger charge is 2.20. The third-order valence-electron chi connectivity index (χ3n) is 2.81. The molecule has 0 spiro atoms. The van der Waals surface area contributed by atoms with Crippen LogP contribution in [0.1, 0.15) is 36.3 Å². The number of aromatic nitrogens is 2. The van der Waals surface area contributed by atoms with Gasteiger partial charge >= 0.3 is 0 Å². The fourth-order valence-corrected chi connectivity index (χ4v) is 1.99. The van der Waals surface area contributed by atoms with Crippen LogP contribution in [0.25, 0.3) is 0 Å². The monoisotopic (exact) mass is 239 g/mol. The van der Waals surface area contributed by atoms with Crippen LogP contribution in [0.5, 0.6) is 0 Å². The Hall–Kier alpha value is -1.36. The van der Waals surface area contributed by atoms with Crippen molar-refractivity contribution in [3.63, 3.8) is 0 Å². The second-order valence-electron chi connectivity index (χ2n) is 4.43. The van der Waals surface area contributed by atoms with Crippen molar-refractivity contribution >= 4 is 12.1 Å². The van der Waals surface area contributed by atoms with Crippen molar-refractivity contribution in [1.29, 1.82) is 0 Å². The first-order chi connectivity index (χ1) is 8.02. The van der Waals surface area contributed by atoms with Gasteiger partial charge in [-0.2, -0.15) is 5.10 Å². The lowest BCUT2D eigenvalue weighted by molar-refractivity contribution is 0.112. The Kier molecular flexibility index (Phi) is 4.69. The van der Waals surface area contributed by atoms with E-state index in [1.54, 1.807) is 4.68 Å². The molecule has 1 heterocycles. The molecule has 1 N–H and O–H groups in total. The van der Waals surface area contributed by atoms with E-state index in [2.05, 4.69) is 23.8 Å². The molecular weight excluding hydrogens is 218 g/mol. The number of carbonyl (C=O) groups excluding carboxylic acids is 1. The van der Waals surface area contributed by atoms with Crippen molar-refractivity contribution in [2.75, 3.05) is 18.1 Å². The summed E-state index contributed by atoms with van der Waals surface area (Å²) in [6.45, 7) is 6.82. The second kappa shape index (κ2) is 5.82.